The van der Waals surface area contributed by atoms with Gasteiger partial charge in [-0.3, -0.25) is 4.79 Å². The van der Waals surface area contributed by atoms with Gasteiger partial charge in [0.2, 0.25) is 6.41 Å². The molecule has 1 aromatic rings. The quantitative estimate of drug-likeness (QED) is 0.341. The van der Waals surface area contributed by atoms with Crippen LogP contribution >= 0.6 is 0 Å². The highest BCUT2D eigenvalue weighted by Crippen LogP contribution is 2.21. The lowest BCUT2D eigenvalue weighted by atomic mass is 10.1. The second-order valence-corrected chi connectivity index (χ2v) is 8.02. The van der Waals surface area contributed by atoms with Crippen molar-refractivity contribution in [2.45, 2.75) is 45.8 Å². The van der Waals surface area contributed by atoms with E-state index in [0.717, 1.165) is 12.8 Å². The second-order valence-electron chi connectivity index (χ2n) is 5.34. The lowest BCUT2D eigenvalue weighted by Crippen LogP contribution is -2.48. The largest absolute Gasteiger partial charge is 0.501 e. The highest BCUT2D eigenvalue weighted by atomic mass is 28.4. The summed E-state index contributed by atoms with van der Waals surface area (Å²) in [5, 5.41) is 2.67. The summed E-state index contributed by atoms with van der Waals surface area (Å²) in [6.45, 7) is 7.69. The molecule has 0 aliphatic carbocycles. The molecule has 5 nitrogen and oxygen atoms in total. The van der Waals surface area contributed by atoms with E-state index in [1.54, 1.807) is 0 Å². The lowest BCUT2D eigenvalue weighted by Gasteiger charge is -2.32. The number of amides is 1. The van der Waals surface area contributed by atoms with Crippen LogP contribution in [0.25, 0.3) is 0 Å². The molecule has 1 aromatic carbocycles. The standard InChI is InChI=1S/C17H29NO4Si/c1-4-20-23(21-5-2,13-9-12-18-15-19)22-16(3)14-17-10-7-6-8-11-17/h6-8,10-11,15-16H,4-5,9,12-14H2,1-3H3,(H,18,19). The molecular weight excluding hydrogens is 310 g/mol. The number of carbonyl (C=O) groups is 1. The van der Waals surface area contributed by atoms with Crippen LogP contribution in [0.5, 0.6) is 0 Å². The third-order valence-electron chi connectivity index (χ3n) is 3.36. The first-order valence-corrected chi connectivity index (χ1v) is 10.3. The first kappa shape index (κ1) is 19.8. The van der Waals surface area contributed by atoms with Gasteiger partial charge in [-0.1, -0.05) is 30.3 Å². The molecule has 0 saturated carbocycles. The van der Waals surface area contributed by atoms with E-state index in [0.29, 0.717) is 32.2 Å². The van der Waals surface area contributed by atoms with E-state index in [2.05, 4.69) is 24.4 Å². The highest BCUT2D eigenvalue weighted by molar-refractivity contribution is 6.60. The fourth-order valence-corrected chi connectivity index (χ4v) is 5.32. The van der Waals surface area contributed by atoms with Crippen LogP contribution in [0.2, 0.25) is 6.04 Å². The Kier molecular flexibility index (Phi) is 9.78. The van der Waals surface area contributed by atoms with Crippen LogP contribution in [0.3, 0.4) is 0 Å². The van der Waals surface area contributed by atoms with Crippen LogP contribution in [0.1, 0.15) is 32.8 Å². The smallest absolute Gasteiger partial charge is 0.374 e. The first-order chi connectivity index (χ1) is 11.2. The number of hydrogen-bond acceptors (Lipinski definition) is 4. The zero-order valence-corrected chi connectivity index (χ0v) is 15.4. The van der Waals surface area contributed by atoms with Gasteiger partial charge in [0.05, 0.1) is 6.10 Å². The molecule has 0 aliphatic heterocycles. The Morgan fingerprint density at radius 3 is 2.39 bits per heavy atom. The predicted molar refractivity (Wildman–Crippen MR) is 93.2 cm³/mol. The lowest BCUT2D eigenvalue weighted by molar-refractivity contribution is -0.109. The van der Waals surface area contributed by atoms with Gasteiger partial charge in [0.1, 0.15) is 0 Å². The summed E-state index contributed by atoms with van der Waals surface area (Å²) in [6, 6.07) is 11.0. The van der Waals surface area contributed by atoms with E-state index in [4.69, 9.17) is 13.3 Å². The minimum atomic E-state index is -2.72. The Morgan fingerprint density at radius 2 is 1.83 bits per heavy atom. The van der Waals surface area contributed by atoms with Crippen LogP contribution in [0.15, 0.2) is 30.3 Å². The molecule has 0 radical (unpaired) electrons. The molecule has 0 aliphatic rings. The Balaban J connectivity index is 2.66. The van der Waals surface area contributed by atoms with E-state index in [1.165, 1.54) is 5.56 Å². The zero-order valence-electron chi connectivity index (χ0n) is 14.4. The Hall–Kier alpha value is -1.21. The summed E-state index contributed by atoms with van der Waals surface area (Å²) < 4.78 is 18.2. The summed E-state index contributed by atoms with van der Waals surface area (Å²) in [5.74, 6) is 0. The van der Waals surface area contributed by atoms with Crippen molar-refractivity contribution in [2.24, 2.45) is 0 Å². The van der Waals surface area contributed by atoms with Crippen molar-refractivity contribution in [3.63, 3.8) is 0 Å². The minimum Gasteiger partial charge on any atom is -0.374 e. The molecule has 130 valence electrons. The van der Waals surface area contributed by atoms with E-state index >= 15 is 0 Å². The van der Waals surface area contributed by atoms with E-state index < -0.39 is 8.80 Å². The summed E-state index contributed by atoms with van der Waals surface area (Å²) in [4.78, 5) is 10.4. The van der Waals surface area contributed by atoms with Crippen molar-refractivity contribution in [1.82, 2.24) is 5.32 Å². The molecule has 6 heteroatoms. The Labute approximate surface area is 140 Å². The summed E-state index contributed by atoms with van der Waals surface area (Å²) in [6.07, 6.45) is 2.33. The predicted octanol–water partition coefficient (Wildman–Crippen LogP) is 2.78. The molecule has 0 bridgehead atoms. The molecule has 0 saturated heterocycles. The summed E-state index contributed by atoms with van der Waals surface area (Å²) in [5.41, 5.74) is 1.23. The van der Waals surface area contributed by atoms with Crippen LogP contribution in [-0.4, -0.2) is 41.1 Å². The fourth-order valence-electron chi connectivity index (χ4n) is 2.51. The van der Waals surface area contributed by atoms with Crippen molar-refractivity contribution in [3.05, 3.63) is 35.9 Å². The minimum absolute atomic E-state index is 0.0150. The van der Waals surface area contributed by atoms with Gasteiger partial charge in [0.15, 0.2) is 0 Å². The Morgan fingerprint density at radius 1 is 1.17 bits per heavy atom. The van der Waals surface area contributed by atoms with Gasteiger partial charge in [-0.2, -0.15) is 0 Å². The van der Waals surface area contributed by atoms with Gasteiger partial charge >= 0.3 is 8.80 Å². The molecule has 0 spiro atoms. The van der Waals surface area contributed by atoms with E-state index in [9.17, 15) is 4.79 Å². The maximum Gasteiger partial charge on any atom is 0.501 e. The molecule has 0 aromatic heterocycles. The maximum absolute atomic E-state index is 10.4. The molecule has 1 atom stereocenters. The number of nitrogens with one attached hydrogen (secondary N) is 1. The average Bonchev–Trinajstić information content (AvgIpc) is 2.53. The number of carbonyl (C=O) groups excluding carboxylic acids is 1. The number of hydrogen-bond donors (Lipinski definition) is 1. The van der Waals surface area contributed by atoms with Crippen molar-refractivity contribution in [3.8, 4) is 0 Å². The van der Waals surface area contributed by atoms with Crippen molar-refractivity contribution in [2.75, 3.05) is 19.8 Å². The molecule has 1 N–H and O–H groups in total. The third kappa shape index (κ3) is 7.74. The molecule has 23 heavy (non-hydrogen) atoms. The monoisotopic (exact) mass is 339 g/mol. The maximum atomic E-state index is 10.4. The number of rotatable bonds is 13. The molecule has 0 heterocycles. The van der Waals surface area contributed by atoms with Crippen molar-refractivity contribution >= 4 is 15.2 Å². The van der Waals surface area contributed by atoms with E-state index in [1.807, 2.05) is 32.0 Å². The van der Waals surface area contributed by atoms with Gasteiger partial charge in [-0.05, 0) is 39.2 Å². The van der Waals surface area contributed by atoms with Gasteiger partial charge in [0.25, 0.3) is 0 Å². The van der Waals surface area contributed by atoms with Gasteiger partial charge in [0, 0.05) is 25.8 Å². The SMILES string of the molecule is CCO[Si](CCCNC=O)(OCC)OC(C)Cc1ccccc1. The first-order valence-electron chi connectivity index (χ1n) is 8.32. The number of benzene rings is 1. The zero-order chi connectivity index (χ0) is 17.0. The summed E-state index contributed by atoms with van der Waals surface area (Å²) >= 11 is 0. The third-order valence-corrected chi connectivity index (χ3v) is 6.55. The van der Waals surface area contributed by atoms with Crippen LogP contribution in [0.4, 0.5) is 0 Å². The molecule has 1 unspecified atom stereocenters. The highest BCUT2D eigenvalue weighted by Gasteiger charge is 2.41. The van der Waals surface area contributed by atoms with Crippen LogP contribution in [0, 0.1) is 0 Å². The van der Waals surface area contributed by atoms with E-state index in [-0.39, 0.29) is 6.10 Å². The fraction of sp³-hybridized carbons (Fsp3) is 0.588. The topological polar surface area (TPSA) is 56.8 Å². The molecule has 1 amide bonds. The van der Waals surface area contributed by atoms with Gasteiger partial charge in [-0.15, -0.1) is 0 Å². The normalized spacial score (nSPS) is 12.8. The van der Waals surface area contributed by atoms with Gasteiger partial charge < -0.3 is 18.6 Å². The Bertz CT molecular complexity index is 424. The average molecular weight is 340 g/mol. The molecule has 0 fully saturated rings. The van der Waals surface area contributed by atoms with Crippen LogP contribution in [-0.2, 0) is 24.5 Å². The molecule has 1 rings (SSSR count). The summed E-state index contributed by atoms with van der Waals surface area (Å²) in [7, 11) is -2.72. The van der Waals surface area contributed by atoms with Crippen molar-refractivity contribution in [1.29, 1.82) is 0 Å². The van der Waals surface area contributed by atoms with Crippen molar-refractivity contribution < 1.29 is 18.1 Å². The van der Waals surface area contributed by atoms with Crippen LogP contribution < -0.4 is 5.32 Å². The molecular formula is C17H29NO4Si. The van der Waals surface area contributed by atoms with Gasteiger partial charge in [-0.25, -0.2) is 0 Å². The second kappa shape index (κ2) is 11.3.